The van der Waals surface area contributed by atoms with Gasteiger partial charge in [-0.15, -0.1) is 0 Å². The van der Waals surface area contributed by atoms with Crippen molar-refractivity contribution >= 4 is 0 Å². The Bertz CT molecular complexity index is 137. The van der Waals surface area contributed by atoms with Crippen LogP contribution < -0.4 is 5.32 Å². The number of unbranched alkanes of at least 4 members (excludes halogenated alkanes) is 2. The second kappa shape index (κ2) is 11.4. The Morgan fingerprint density at radius 1 is 0.812 bits per heavy atom. The second-order valence-electron chi connectivity index (χ2n) is 4.92. The van der Waals surface area contributed by atoms with Gasteiger partial charge in [0, 0.05) is 13.1 Å². The summed E-state index contributed by atoms with van der Waals surface area (Å²) >= 11 is 0. The topological polar surface area (TPSA) is 18.5 Å². The molecular weight excluding hydrogens is 198 g/mol. The molecular formula is C13H31N3. The number of nitrogens with zero attached hydrogens (tertiary/aromatic N) is 2. The first kappa shape index (κ1) is 15.9. The average Bonchev–Trinajstić information content (AvgIpc) is 2.23. The Balaban J connectivity index is 3.12. The molecule has 0 saturated carbocycles. The summed E-state index contributed by atoms with van der Waals surface area (Å²) in [7, 11) is 6.47. The summed E-state index contributed by atoms with van der Waals surface area (Å²) < 4.78 is 0. The predicted molar refractivity (Wildman–Crippen MR) is 73.1 cm³/mol. The molecule has 0 heterocycles. The maximum Gasteiger partial charge on any atom is 0.0104 e. The monoisotopic (exact) mass is 229 g/mol. The van der Waals surface area contributed by atoms with E-state index in [4.69, 9.17) is 0 Å². The van der Waals surface area contributed by atoms with Crippen LogP contribution in [0.4, 0.5) is 0 Å². The highest BCUT2D eigenvalue weighted by Crippen LogP contribution is 1.95. The van der Waals surface area contributed by atoms with Gasteiger partial charge in [0.25, 0.3) is 0 Å². The molecule has 0 spiro atoms. The second-order valence-corrected chi connectivity index (χ2v) is 4.92. The highest BCUT2D eigenvalue weighted by atomic mass is 15.1. The molecule has 0 unspecified atom stereocenters. The lowest BCUT2D eigenvalue weighted by Gasteiger charge is -2.16. The van der Waals surface area contributed by atoms with Crippen LogP contribution in [0, 0.1) is 0 Å². The van der Waals surface area contributed by atoms with E-state index in [1.54, 1.807) is 0 Å². The van der Waals surface area contributed by atoms with Gasteiger partial charge in [-0.25, -0.2) is 0 Å². The van der Waals surface area contributed by atoms with Crippen molar-refractivity contribution in [2.24, 2.45) is 0 Å². The summed E-state index contributed by atoms with van der Waals surface area (Å²) in [5.41, 5.74) is 0. The van der Waals surface area contributed by atoms with Crippen LogP contribution in [0.3, 0.4) is 0 Å². The minimum atomic E-state index is 1.12. The van der Waals surface area contributed by atoms with E-state index in [1.807, 2.05) is 0 Å². The molecule has 98 valence electrons. The molecule has 3 nitrogen and oxygen atoms in total. The van der Waals surface area contributed by atoms with Crippen LogP contribution in [0.5, 0.6) is 0 Å². The van der Waals surface area contributed by atoms with E-state index in [2.05, 4.69) is 43.2 Å². The molecule has 0 aromatic heterocycles. The van der Waals surface area contributed by atoms with Gasteiger partial charge in [-0.05, 0) is 53.6 Å². The zero-order chi connectivity index (χ0) is 12.2. The van der Waals surface area contributed by atoms with Gasteiger partial charge in [-0.1, -0.05) is 19.8 Å². The zero-order valence-corrected chi connectivity index (χ0v) is 11.8. The minimum absolute atomic E-state index is 1.12. The van der Waals surface area contributed by atoms with Crippen LogP contribution in [0.2, 0.25) is 0 Å². The molecule has 0 saturated heterocycles. The highest BCUT2D eigenvalue weighted by Gasteiger charge is 1.97. The molecule has 3 heteroatoms. The van der Waals surface area contributed by atoms with Crippen LogP contribution in [-0.4, -0.2) is 63.7 Å². The van der Waals surface area contributed by atoms with Gasteiger partial charge in [-0.2, -0.15) is 0 Å². The lowest BCUT2D eigenvalue weighted by Crippen LogP contribution is -2.31. The Labute approximate surface area is 102 Å². The zero-order valence-electron chi connectivity index (χ0n) is 11.8. The lowest BCUT2D eigenvalue weighted by molar-refractivity contribution is 0.320. The van der Waals surface area contributed by atoms with E-state index in [9.17, 15) is 0 Å². The van der Waals surface area contributed by atoms with Crippen molar-refractivity contribution in [1.29, 1.82) is 0 Å². The summed E-state index contributed by atoms with van der Waals surface area (Å²) in [6.07, 6.45) is 5.26. The van der Waals surface area contributed by atoms with Crippen molar-refractivity contribution in [3.05, 3.63) is 0 Å². The molecule has 0 fully saturated rings. The normalized spacial score (nSPS) is 11.6. The van der Waals surface area contributed by atoms with E-state index in [0.29, 0.717) is 0 Å². The van der Waals surface area contributed by atoms with Gasteiger partial charge in [0.15, 0.2) is 0 Å². The van der Waals surface area contributed by atoms with Gasteiger partial charge < -0.3 is 15.1 Å². The Morgan fingerprint density at radius 3 is 2.19 bits per heavy atom. The van der Waals surface area contributed by atoms with Crippen LogP contribution in [0.15, 0.2) is 0 Å². The molecule has 0 bridgehead atoms. The summed E-state index contributed by atoms with van der Waals surface area (Å²) in [6, 6.07) is 0. The van der Waals surface area contributed by atoms with Gasteiger partial charge in [0.05, 0.1) is 0 Å². The van der Waals surface area contributed by atoms with E-state index in [-0.39, 0.29) is 0 Å². The molecule has 16 heavy (non-hydrogen) atoms. The predicted octanol–water partition coefficient (Wildman–Crippen LogP) is 1.65. The first-order valence-electron chi connectivity index (χ1n) is 6.70. The average molecular weight is 229 g/mol. The van der Waals surface area contributed by atoms with E-state index >= 15 is 0 Å². The van der Waals surface area contributed by atoms with Crippen LogP contribution in [-0.2, 0) is 0 Å². The van der Waals surface area contributed by atoms with Gasteiger partial charge in [0.2, 0.25) is 0 Å². The molecule has 0 rings (SSSR count). The third-order valence-corrected chi connectivity index (χ3v) is 2.77. The number of likely N-dealkylation sites (N-methyl/N-ethyl adjacent to an activating group) is 1. The smallest absolute Gasteiger partial charge is 0.0104 e. The summed E-state index contributed by atoms with van der Waals surface area (Å²) in [4.78, 5) is 4.66. The minimum Gasteiger partial charge on any atom is -0.315 e. The van der Waals surface area contributed by atoms with Crippen LogP contribution in [0.25, 0.3) is 0 Å². The number of nitrogens with one attached hydrogen (secondary N) is 1. The Kier molecular flexibility index (Phi) is 11.3. The number of hydrogen-bond acceptors (Lipinski definition) is 3. The molecule has 0 aliphatic rings. The molecule has 0 aliphatic heterocycles. The fourth-order valence-corrected chi connectivity index (χ4v) is 1.66. The molecule has 0 radical (unpaired) electrons. The van der Waals surface area contributed by atoms with Gasteiger partial charge in [-0.3, -0.25) is 0 Å². The third kappa shape index (κ3) is 12.0. The molecule has 1 N–H and O–H groups in total. The molecule has 0 aromatic carbocycles. The fraction of sp³-hybridized carbons (Fsp3) is 1.00. The molecule has 0 aliphatic carbocycles. The van der Waals surface area contributed by atoms with Crippen molar-refractivity contribution in [3.8, 4) is 0 Å². The van der Waals surface area contributed by atoms with Gasteiger partial charge in [0.1, 0.15) is 0 Å². The maximum atomic E-state index is 3.49. The number of rotatable bonds is 11. The van der Waals surface area contributed by atoms with Crippen LogP contribution >= 0.6 is 0 Å². The molecule has 0 aromatic rings. The third-order valence-electron chi connectivity index (χ3n) is 2.77. The maximum absolute atomic E-state index is 3.49. The van der Waals surface area contributed by atoms with Crippen molar-refractivity contribution in [2.45, 2.75) is 32.6 Å². The highest BCUT2D eigenvalue weighted by molar-refractivity contribution is 4.56. The van der Waals surface area contributed by atoms with E-state index in [0.717, 1.165) is 13.1 Å². The first-order chi connectivity index (χ1) is 7.66. The van der Waals surface area contributed by atoms with E-state index in [1.165, 1.54) is 45.3 Å². The first-order valence-corrected chi connectivity index (χ1v) is 6.70. The quantitative estimate of drug-likeness (QED) is 0.544. The number of hydrogen-bond donors (Lipinski definition) is 1. The summed E-state index contributed by atoms with van der Waals surface area (Å²) in [5.74, 6) is 0. The Hall–Kier alpha value is -0.120. The van der Waals surface area contributed by atoms with Crippen molar-refractivity contribution < 1.29 is 0 Å². The van der Waals surface area contributed by atoms with E-state index < -0.39 is 0 Å². The standard InChI is InChI=1S/C13H31N3/c1-5-6-7-12-16(4)13-10-14-9-8-11-15(2)3/h14H,5-13H2,1-4H3. The largest absolute Gasteiger partial charge is 0.315 e. The Morgan fingerprint density at radius 2 is 1.56 bits per heavy atom. The molecule has 0 atom stereocenters. The summed E-state index contributed by atoms with van der Waals surface area (Å²) in [5, 5.41) is 3.49. The summed E-state index contributed by atoms with van der Waals surface area (Å²) in [6.45, 7) is 8.11. The van der Waals surface area contributed by atoms with Crippen molar-refractivity contribution in [1.82, 2.24) is 15.1 Å². The molecule has 0 amide bonds. The van der Waals surface area contributed by atoms with Crippen molar-refractivity contribution in [2.75, 3.05) is 53.9 Å². The van der Waals surface area contributed by atoms with Crippen LogP contribution in [0.1, 0.15) is 32.6 Å². The lowest BCUT2D eigenvalue weighted by atomic mass is 10.2. The van der Waals surface area contributed by atoms with Gasteiger partial charge >= 0.3 is 0 Å². The fourth-order valence-electron chi connectivity index (χ4n) is 1.66. The SMILES string of the molecule is CCCCCN(C)CCNCCCN(C)C. The van der Waals surface area contributed by atoms with Crippen molar-refractivity contribution in [3.63, 3.8) is 0 Å².